The highest BCUT2D eigenvalue weighted by molar-refractivity contribution is 6.59. The van der Waals surface area contributed by atoms with Gasteiger partial charge in [0.1, 0.15) is 0 Å². The molecule has 1 aromatic carbocycles. The predicted molar refractivity (Wildman–Crippen MR) is 75.7 cm³/mol. The predicted octanol–water partition coefficient (Wildman–Crippen LogP) is 4.32. The lowest BCUT2D eigenvalue weighted by atomic mass is 10.1. The topological polar surface area (TPSA) is 0 Å². The molecule has 2 aliphatic carbocycles. The van der Waals surface area contributed by atoms with E-state index in [0.29, 0.717) is 0 Å². The summed E-state index contributed by atoms with van der Waals surface area (Å²) in [6.07, 6.45) is 9.24. The van der Waals surface area contributed by atoms with E-state index in [1.807, 2.05) is 0 Å². The van der Waals surface area contributed by atoms with Crippen molar-refractivity contribution in [1.82, 2.24) is 0 Å². The summed E-state index contributed by atoms with van der Waals surface area (Å²) in [5, 5.41) is 0. The fraction of sp³-hybridized carbons (Fsp3) is 0.500. The third kappa shape index (κ3) is 2.39. The van der Waals surface area contributed by atoms with Gasteiger partial charge in [0.25, 0.3) is 0 Å². The van der Waals surface area contributed by atoms with Crippen LogP contribution in [0.1, 0.15) is 18.4 Å². The minimum Gasteiger partial charge on any atom is -0.0851 e. The van der Waals surface area contributed by atoms with Crippen LogP contribution in [0.15, 0.2) is 42.5 Å². The highest BCUT2D eigenvalue weighted by atomic mass is 28.3. The molecule has 1 saturated carbocycles. The van der Waals surface area contributed by atoms with Crippen LogP contribution in [-0.2, 0) is 6.42 Å². The summed E-state index contributed by atoms with van der Waals surface area (Å²) in [5.41, 5.74) is 2.59. The molecule has 2 bridgehead atoms. The first kappa shape index (κ1) is 11.3. The van der Waals surface area contributed by atoms with Crippen LogP contribution in [0.5, 0.6) is 0 Å². The molecule has 0 spiro atoms. The van der Waals surface area contributed by atoms with Gasteiger partial charge in [-0.15, -0.1) is 0 Å². The van der Waals surface area contributed by atoms with Crippen molar-refractivity contribution in [2.24, 2.45) is 11.8 Å². The van der Waals surface area contributed by atoms with Gasteiger partial charge in [-0.1, -0.05) is 55.1 Å². The van der Waals surface area contributed by atoms with E-state index in [-0.39, 0.29) is 8.80 Å². The van der Waals surface area contributed by atoms with Crippen LogP contribution in [0.2, 0.25) is 18.1 Å². The average Bonchev–Trinajstić information content (AvgIpc) is 2.99. The first-order valence-corrected chi connectivity index (χ1v) is 9.16. The zero-order valence-corrected chi connectivity index (χ0v) is 11.6. The molecule has 0 saturated heterocycles. The number of aryl methyl sites for hydroxylation is 1. The molecule has 1 aromatic rings. The maximum atomic E-state index is 2.56. The fourth-order valence-corrected chi connectivity index (χ4v) is 6.26. The van der Waals surface area contributed by atoms with Crippen LogP contribution in [0.25, 0.3) is 0 Å². The van der Waals surface area contributed by atoms with Gasteiger partial charge in [-0.25, -0.2) is 0 Å². The lowest BCUT2D eigenvalue weighted by molar-refractivity contribution is 0.679. The number of rotatable bonds is 4. The number of allylic oxidation sites excluding steroid dienone is 2. The second-order valence-electron chi connectivity index (χ2n) is 5.72. The van der Waals surface area contributed by atoms with Crippen molar-refractivity contribution in [3.8, 4) is 0 Å². The number of hydrogen-bond donors (Lipinski definition) is 0. The molecule has 2 aliphatic rings. The molecule has 89 valence electrons. The molecule has 17 heavy (non-hydrogen) atoms. The number of benzene rings is 1. The van der Waals surface area contributed by atoms with Gasteiger partial charge < -0.3 is 0 Å². The lowest BCUT2D eigenvalue weighted by Gasteiger charge is -2.24. The van der Waals surface area contributed by atoms with E-state index in [2.05, 4.69) is 49.0 Å². The summed E-state index contributed by atoms with van der Waals surface area (Å²) >= 11 is 0. The highest BCUT2D eigenvalue weighted by Gasteiger charge is 2.38. The summed E-state index contributed by atoms with van der Waals surface area (Å²) in [5.74, 6) is 1.90. The van der Waals surface area contributed by atoms with Gasteiger partial charge in [0.2, 0.25) is 0 Å². The third-order valence-electron chi connectivity index (χ3n) is 4.56. The Morgan fingerprint density at radius 2 is 1.94 bits per heavy atom. The quantitative estimate of drug-likeness (QED) is 0.544. The van der Waals surface area contributed by atoms with Crippen molar-refractivity contribution in [2.45, 2.75) is 37.4 Å². The van der Waals surface area contributed by atoms with E-state index in [1.165, 1.54) is 30.9 Å². The van der Waals surface area contributed by atoms with Crippen LogP contribution in [-0.4, -0.2) is 8.80 Å². The Labute approximate surface area is 106 Å². The summed E-state index contributed by atoms with van der Waals surface area (Å²) in [6, 6.07) is 12.4. The van der Waals surface area contributed by atoms with Crippen molar-refractivity contribution in [1.29, 1.82) is 0 Å². The minimum atomic E-state index is -0.146. The third-order valence-corrected chi connectivity index (χ3v) is 7.53. The Bertz CT molecular complexity index is 395. The maximum absolute atomic E-state index is 2.56. The molecule has 1 radical (unpaired) electrons. The van der Waals surface area contributed by atoms with Gasteiger partial charge in [-0.3, -0.25) is 0 Å². The first-order valence-electron chi connectivity index (χ1n) is 6.87. The molecular formula is C16H21Si. The van der Waals surface area contributed by atoms with Crippen LogP contribution < -0.4 is 0 Å². The summed E-state index contributed by atoms with van der Waals surface area (Å²) < 4.78 is 0. The summed E-state index contributed by atoms with van der Waals surface area (Å²) in [7, 11) is -0.146. The molecule has 0 heterocycles. The largest absolute Gasteiger partial charge is 0.0851 e. The molecule has 0 aliphatic heterocycles. The van der Waals surface area contributed by atoms with Crippen LogP contribution >= 0.6 is 0 Å². The SMILES string of the molecule is C[Si](CCc1ccccc1)C1CC2C=CC1C2. The second kappa shape index (κ2) is 4.81. The molecule has 3 rings (SSSR count). The highest BCUT2D eigenvalue weighted by Crippen LogP contribution is 2.49. The molecule has 3 unspecified atom stereocenters. The summed E-state index contributed by atoms with van der Waals surface area (Å²) in [6.45, 7) is 2.56. The van der Waals surface area contributed by atoms with E-state index >= 15 is 0 Å². The molecule has 1 heteroatoms. The van der Waals surface area contributed by atoms with Crippen LogP contribution in [0, 0.1) is 11.8 Å². The van der Waals surface area contributed by atoms with Gasteiger partial charge in [0.05, 0.1) is 0 Å². The first-order chi connectivity index (χ1) is 8.33. The van der Waals surface area contributed by atoms with E-state index in [9.17, 15) is 0 Å². The summed E-state index contributed by atoms with van der Waals surface area (Å²) in [4.78, 5) is 0. The van der Waals surface area contributed by atoms with Gasteiger partial charge in [-0.2, -0.15) is 0 Å². The molecule has 0 N–H and O–H groups in total. The number of fused-ring (bicyclic) bond motifs is 2. The van der Waals surface area contributed by atoms with Crippen molar-refractivity contribution in [3.63, 3.8) is 0 Å². The Balaban J connectivity index is 1.54. The minimum absolute atomic E-state index is 0.146. The number of hydrogen-bond acceptors (Lipinski definition) is 0. The van der Waals surface area contributed by atoms with E-state index < -0.39 is 0 Å². The van der Waals surface area contributed by atoms with E-state index in [4.69, 9.17) is 0 Å². The van der Waals surface area contributed by atoms with Gasteiger partial charge in [0.15, 0.2) is 0 Å². The van der Waals surface area contributed by atoms with Crippen LogP contribution in [0.3, 0.4) is 0 Å². The monoisotopic (exact) mass is 241 g/mol. The lowest BCUT2D eigenvalue weighted by Crippen LogP contribution is -2.20. The van der Waals surface area contributed by atoms with E-state index in [0.717, 1.165) is 17.4 Å². The van der Waals surface area contributed by atoms with Crippen molar-refractivity contribution in [2.75, 3.05) is 0 Å². The van der Waals surface area contributed by atoms with Gasteiger partial charge >= 0.3 is 0 Å². The molecule has 0 amide bonds. The average molecular weight is 241 g/mol. The second-order valence-corrected chi connectivity index (χ2v) is 8.65. The zero-order chi connectivity index (χ0) is 11.7. The molecular weight excluding hydrogens is 220 g/mol. The normalized spacial score (nSPS) is 30.4. The Kier molecular flexibility index (Phi) is 3.19. The van der Waals surface area contributed by atoms with Gasteiger partial charge in [0, 0.05) is 8.80 Å². The van der Waals surface area contributed by atoms with E-state index in [1.54, 1.807) is 0 Å². The fourth-order valence-electron chi connectivity index (χ4n) is 3.52. The molecule has 1 fully saturated rings. The van der Waals surface area contributed by atoms with Gasteiger partial charge in [-0.05, 0) is 42.2 Å². The van der Waals surface area contributed by atoms with Crippen LogP contribution in [0.4, 0.5) is 0 Å². The molecule has 3 atom stereocenters. The van der Waals surface area contributed by atoms with Crippen molar-refractivity contribution < 1.29 is 0 Å². The smallest absolute Gasteiger partial charge is 0.0488 e. The molecule has 0 nitrogen and oxygen atoms in total. The Morgan fingerprint density at radius 1 is 1.12 bits per heavy atom. The van der Waals surface area contributed by atoms with Crippen molar-refractivity contribution >= 4 is 8.80 Å². The Hall–Kier alpha value is -0.823. The zero-order valence-electron chi connectivity index (χ0n) is 10.6. The standard InChI is InChI=1S/C16H21Si/c1-17(10-9-13-5-3-2-4-6-13)16-12-14-7-8-15(16)11-14/h2-8,14-16H,9-12H2,1H3. The van der Waals surface area contributed by atoms with Crippen molar-refractivity contribution in [3.05, 3.63) is 48.0 Å². The molecule has 0 aromatic heterocycles. The maximum Gasteiger partial charge on any atom is 0.0488 e. The Morgan fingerprint density at radius 3 is 2.59 bits per heavy atom.